The summed E-state index contributed by atoms with van der Waals surface area (Å²) in [6, 6.07) is 7.04. The van der Waals surface area contributed by atoms with E-state index in [4.69, 9.17) is 4.74 Å². The van der Waals surface area contributed by atoms with E-state index in [1.165, 1.54) is 6.07 Å². The zero-order valence-corrected chi connectivity index (χ0v) is 13.9. The van der Waals surface area contributed by atoms with Gasteiger partial charge in [-0.2, -0.15) is 0 Å². The van der Waals surface area contributed by atoms with Gasteiger partial charge in [0.25, 0.3) is 0 Å². The van der Waals surface area contributed by atoms with E-state index in [1.807, 2.05) is 17.0 Å². The van der Waals surface area contributed by atoms with Gasteiger partial charge in [0.1, 0.15) is 11.3 Å². The summed E-state index contributed by atoms with van der Waals surface area (Å²) in [6.45, 7) is 2.64. The number of anilines is 2. The highest BCUT2D eigenvalue weighted by molar-refractivity contribution is 5.88. The van der Waals surface area contributed by atoms with E-state index in [-0.39, 0.29) is 5.82 Å². The first-order valence-corrected chi connectivity index (χ1v) is 8.18. The standard InChI is InChI=1S/C18H18FN5O/c1-20-18-17-15(21-4-5-22-17)11-14(23-18)12-2-3-16(13(19)10-12)24-6-8-25-9-7-24/h2-5,10-11H,6-9H2,1H3,(H,20,23). The fourth-order valence-corrected chi connectivity index (χ4v) is 3.02. The molecule has 0 spiro atoms. The van der Waals surface area contributed by atoms with E-state index in [0.29, 0.717) is 54.6 Å². The predicted octanol–water partition coefficient (Wildman–Crippen LogP) is 2.71. The summed E-state index contributed by atoms with van der Waals surface area (Å²) in [6.07, 6.45) is 3.26. The zero-order valence-electron chi connectivity index (χ0n) is 13.9. The van der Waals surface area contributed by atoms with Crippen LogP contribution in [-0.2, 0) is 4.74 Å². The third kappa shape index (κ3) is 2.98. The lowest BCUT2D eigenvalue weighted by atomic mass is 10.1. The number of morpholine rings is 1. The summed E-state index contributed by atoms with van der Waals surface area (Å²) in [5.74, 6) is 0.365. The van der Waals surface area contributed by atoms with Crippen molar-refractivity contribution in [2.75, 3.05) is 43.6 Å². The second-order valence-corrected chi connectivity index (χ2v) is 5.80. The molecule has 1 N–H and O–H groups in total. The second kappa shape index (κ2) is 6.60. The van der Waals surface area contributed by atoms with Crippen molar-refractivity contribution >= 4 is 22.5 Å². The van der Waals surface area contributed by atoms with Crippen molar-refractivity contribution in [1.82, 2.24) is 15.0 Å². The van der Waals surface area contributed by atoms with Crippen molar-refractivity contribution in [2.45, 2.75) is 0 Å². The van der Waals surface area contributed by atoms with Crippen molar-refractivity contribution in [2.24, 2.45) is 0 Å². The summed E-state index contributed by atoms with van der Waals surface area (Å²) in [7, 11) is 1.78. The lowest BCUT2D eigenvalue weighted by Gasteiger charge is -2.29. The molecule has 0 unspecified atom stereocenters. The molecule has 7 heteroatoms. The first kappa shape index (κ1) is 15.7. The van der Waals surface area contributed by atoms with Crippen molar-refractivity contribution in [3.63, 3.8) is 0 Å². The molecule has 1 saturated heterocycles. The Kier molecular flexibility index (Phi) is 4.15. The van der Waals surface area contributed by atoms with Gasteiger partial charge in [0.05, 0.1) is 30.1 Å². The number of rotatable bonds is 3. The minimum absolute atomic E-state index is 0.258. The average molecular weight is 339 g/mol. The molecule has 0 bridgehead atoms. The van der Waals surface area contributed by atoms with Gasteiger partial charge < -0.3 is 15.0 Å². The molecule has 25 heavy (non-hydrogen) atoms. The Labute approximate surface area is 144 Å². The van der Waals surface area contributed by atoms with Gasteiger partial charge >= 0.3 is 0 Å². The quantitative estimate of drug-likeness (QED) is 0.792. The van der Waals surface area contributed by atoms with E-state index in [2.05, 4.69) is 20.3 Å². The molecule has 4 rings (SSSR count). The maximum absolute atomic E-state index is 14.7. The number of hydrogen-bond acceptors (Lipinski definition) is 6. The van der Waals surface area contributed by atoms with Crippen LogP contribution in [0, 0.1) is 5.82 Å². The first-order chi connectivity index (χ1) is 12.3. The topological polar surface area (TPSA) is 63.2 Å². The molecular formula is C18H18FN5O. The SMILES string of the molecule is CNc1nc(-c2ccc(N3CCOCC3)c(F)c2)cc2nccnc12. The molecule has 3 aromatic rings. The Morgan fingerprint density at radius 3 is 2.68 bits per heavy atom. The number of aromatic nitrogens is 3. The molecule has 0 atom stereocenters. The lowest BCUT2D eigenvalue weighted by Crippen LogP contribution is -2.36. The summed E-state index contributed by atoms with van der Waals surface area (Å²) in [5, 5.41) is 3.03. The van der Waals surface area contributed by atoms with Gasteiger partial charge in [-0.25, -0.2) is 14.4 Å². The van der Waals surface area contributed by atoms with E-state index in [9.17, 15) is 4.39 Å². The van der Waals surface area contributed by atoms with Crippen LogP contribution in [0.3, 0.4) is 0 Å². The van der Waals surface area contributed by atoms with Gasteiger partial charge in [-0.15, -0.1) is 0 Å². The summed E-state index contributed by atoms with van der Waals surface area (Å²) in [5.41, 5.74) is 3.37. The summed E-state index contributed by atoms with van der Waals surface area (Å²) >= 11 is 0. The monoisotopic (exact) mass is 339 g/mol. The predicted molar refractivity (Wildman–Crippen MR) is 95.3 cm³/mol. The fourth-order valence-electron chi connectivity index (χ4n) is 3.02. The van der Waals surface area contributed by atoms with Crippen LogP contribution in [0.5, 0.6) is 0 Å². The third-order valence-electron chi connectivity index (χ3n) is 4.29. The minimum Gasteiger partial charge on any atom is -0.378 e. The zero-order chi connectivity index (χ0) is 17.2. The number of nitrogens with zero attached hydrogens (tertiary/aromatic N) is 4. The molecule has 0 saturated carbocycles. The Bertz CT molecular complexity index is 911. The molecule has 128 valence electrons. The van der Waals surface area contributed by atoms with Crippen LogP contribution in [0.15, 0.2) is 36.7 Å². The van der Waals surface area contributed by atoms with Gasteiger partial charge in [-0.1, -0.05) is 6.07 Å². The smallest absolute Gasteiger partial charge is 0.154 e. The number of pyridine rings is 1. The van der Waals surface area contributed by atoms with Crippen molar-refractivity contribution in [3.8, 4) is 11.3 Å². The molecule has 6 nitrogen and oxygen atoms in total. The van der Waals surface area contributed by atoms with E-state index < -0.39 is 0 Å². The number of hydrogen-bond donors (Lipinski definition) is 1. The molecule has 3 heterocycles. The van der Waals surface area contributed by atoms with Crippen LogP contribution in [0.4, 0.5) is 15.9 Å². The number of ether oxygens (including phenoxy) is 1. The van der Waals surface area contributed by atoms with Crippen LogP contribution in [0.1, 0.15) is 0 Å². The third-order valence-corrected chi connectivity index (χ3v) is 4.29. The maximum Gasteiger partial charge on any atom is 0.154 e. The average Bonchev–Trinajstić information content (AvgIpc) is 2.67. The van der Waals surface area contributed by atoms with Gasteiger partial charge in [0.2, 0.25) is 0 Å². The van der Waals surface area contributed by atoms with Crippen molar-refractivity contribution in [3.05, 3.63) is 42.5 Å². The van der Waals surface area contributed by atoms with Crippen LogP contribution >= 0.6 is 0 Å². The Morgan fingerprint density at radius 2 is 1.92 bits per heavy atom. The number of nitrogens with one attached hydrogen (secondary N) is 1. The Balaban J connectivity index is 1.74. The molecule has 0 radical (unpaired) electrons. The van der Waals surface area contributed by atoms with Crippen LogP contribution < -0.4 is 10.2 Å². The van der Waals surface area contributed by atoms with Gasteiger partial charge in [0, 0.05) is 38.1 Å². The second-order valence-electron chi connectivity index (χ2n) is 5.80. The molecular weight excluding hydrogens is 321 g/mol. The fraction of sp³-hybridized carbons (Fsp3) is 0.278. The maximum atomic E-state index is 14.7. The normalized spacial score (nSPS) is 14.7. The van der Waals surface area contributed by atoms with E-state index in [0.717, 1.165) is 5.52 Å². The van der Waals surface area contributed by atoms with E-state index in [1.54, 1.807) is 25.5 Å². The van der Waals surface area contributed by atoms with Crippen LogP contribution in [-0.4, -0.2) is 48.3 Å². The van der Waals surface area contributed by atoms with Gasteiger partial charge in [-0.3, -0.25) is 4.98 Å². The molecule has 1 aliphatic rings. The van der Waals surface area contributed by atoms with E-state index >= 15 is 0 Å². The minimum atomic E-state index is -0.258. The van der Waals surface area contributed by atoms with Crippen molar-refractivity contribution < 1.29 is 9.13 Å². The van der Waals surface area contributed by atoms with Gasteiger partial charge in [-0.05, 0) is 18.2 Å². The summed E-state index contributed by atoms with van der Waals surface area (Å²) < 4.78 is 20.0. The molecule has 1 aliphatic heterocycles. The number of fused-ring (bicyclic) bond motifs is 1. The van der Waals surface area contributed by atoms with Crippen LogP contribution in [0.2, 0.25) is 0 Å². The van der Waals surface area contributed by atoms with Gasteiger partial charge in [0.15, 0.2) is 5.82 Å². The van der Waals surface area contributed by atoms with Crippen LogP contribution in [0.25, 0.3) is 22.3 Å². The Hall–Kier alpha value is -2.80. The highest BCUT2D eigenvalue weighted by Crippen LogP contribution is 2.29. The summed E-state index contributed by atoms with van der Waals surface area (Å²) in [4.78, 5) is 15.2. The molecule has 1 fully saturated rings. The highest BCUT2D eigenvalue weighted by Gasteiger charge is 2.16. The highest BCUT2D eigenvalue weighted by atomic mass is 19.1. The molecule has 0 amide bonds. The lowest BCUT2D eigenvalue weighted by molar-refractivity contribution is 0.122. The largest absolute Gasteiger partial charge is 0.378 e. The molecule has 1 aromatic carbocycles. The van der Waals surface area contributed by atoms with Crippen molar-refractivity contribution in [1.29, 1.82) is 0 Å². The molecule has 0 aliphatic carbocycles. The number of halogens is 1. The first-order valence-electron chi connectivity index (χ1n) is 8.18. The Morgan fingerprint density at radius 1 is 1.12 bits per heavy atom. The number of benzene rings is 1. The molecule has 2 aromatic heterocycles.